The number of nitro groups is 1. The number of nitrogens with zero attached hydrogens (tertiary/aromatic N) is 1. The second-order valence-electron chi connectivity index (χ2n) is 3.80. The van der Waals surface area contributed by atoms with Crippen LogP contribution in [0.4, 0.5) is 5.69 Å². The standard InChI is InChI=1S/C12H15NO4S/c1-2-3-4-7-18-11-8-9(12(14)15)5-6-10(11)13(16)17/h5-6,8H,2-4,7H2,1H3,(H,14,15). The van der Waals surface area contributed by atoms with Crippen molar-refractivity contribution in [1.29, 1.82) is 0 Å². The number of carboxylic acids is 1. The molecule has 0 aliphatic carbocycles. The van der Waals surface area contributed by atoms with Crippen molar-refractivity contribution in [1.82, 2.24) is 0 Å². The molecule has 0 aliphatic heterocycles. The van der Waals surface area contributed by atoms with Crippen LogP contribution >= 0.6 is 11.8 Å². The van der Waals surface area contributed by atoms with Crippen LogP contribution in [-0.2, 0) is 0 Å². The smallest absolute Gasteiger partial charge is 0.335 e. The Morgan fingerprint density at radius 2 is 2.17 bits per heavy atom. The molecule has 0 saturated carbocycles. The van der Waals surface area contributed by atoms with Crippen LogP contribution in [-0.4, -0.2) is 21.8 Å². The fourth-order valence-electron chi connectivity index (χ4n) is 1.45. The van der Waals surface area contributed by atoms with E-state index >= 15 is 0 Å². The van der Waals surface area contributed by atoms with Gasteiger partial charge in [-0.05, 0) is 24.3 Å². The lowest BCUT2D eigenvalue weighted by Crippen LogP contribution is -1.99. The van der Waals surface area contributed by atoms with E-state index in [2.05, 4.69) is 6.92 Å². The molecule has 1 N–H and O–H groups in total. The minimum absolute atomic E-state index is 0.0264. The van der Waals surface area contributed by atoms with E-state index in [4.69, 9.17) is 5.11 Å². The summed E-state index contributed by atoms with van der Waals surface area (Å²) in [5.41, 5.74) is 0.0556. The number of carboxylic acid groups (broad SMARTS) is 1. The summed E-state index contributed by atoms with van der Waals surface area (Å²) in [7, 11) is 0. The van der Waals surface area contributed by atoms with Crippen molar-refractivity contribution >= 4 is 23.4 Å². The molecule has 0 unspecified atom stereocenters. The van der Waals surface area contributed by atoms with E-state index in [1.807, 2.05) is 0 Å². The summed E-state index contributed by atoms with van der Waals surface area (Å²) in [5.74, 6) is -0.308. The predicted octanol–water partition coefficient (Wildman–Crippen LogP) is 3.58. The second kappa shape index (κ2) is 7.00. The zero-order chi connectivity index (χ0) is 13.5. The number of carbonyl (C=O) groups is 1. The highest BCUT2D eigenvalue weighted by Gasteiger charge is 2.16. The maximum Gasteiger partial charge on any atom is 0.335 e. The summed E-state index contributed by atoms with van der Waals surface area (Å²) >= 11 is 1.34. The first-order chi connectivity index (χ1) is 8.56. The molecule has 0 heterocycles. The van der Waals surface area contributed by atoms with Crippen LogP contribution < -0.4 is 0 Å². The fourth-order valence-corrected chi connectivity index (χ4v) is 2.52. The molecule has 0 bridgehead atoms. The number of hydrogen-bond acceptors (Lipinski definition) is 4. The Morgan fingerprint density at radius 3 is 2.72 bits per heavy atom. The van der Waals surface area contributed by atoms with Crippen molar-refractivity contribution in [2.24, 2.45) is 0 Å². The largest absolute Gasteiger partial charge is 0.478 e. The summed E-state index contributed by atoms with van der Waals surface area (Å²) in [6.07, 6.45) is 3.12. The van der Waals surface area contributed by atoms with Crippen molar-refractivity contribution in [3.8, 4) is 0 Å². The molecule has 0 radical (unpaired) electrons. The fraction of sp³-hybridized carbons (Fsp3) is 0.417. The summed E-state index contributed by atoms with van der Waals surface area (Å²) in [5, 5.41) is 19.7. The molecule has 1 aromatic carbocycles. The lowest BCUT2D eigenvalue weighted by Gasteiger charge is -2.04. The second-order valence-corrected chi connectivity index (χ2v) is 4.94. The Kier molecular flexibility index (Phi) is 5.64. The Morgan fingerprint density at radius 1 is 1.44 bits per heavy atom. The number of rotatable bonds is 7. The molecule has 0 saturated heterocycles. The first-order valence-electron chi connectivity index (χ1n) is 5.70. The maximum atomic E-state index is 10.8. The molecule has 0 fully saturated rings. The van der Waals surface area contributed by atoms with Gasteiger partial charge in [0.05, 0.1) is 15.4 Å². The Labute approximate surface area is 109 Å². The van der Waals surface area contributed by atoms with Crippen LogP contribution in [0.2, 0.25) is 0 Å². The van der Waals surface area contributed by atoms with Gasteiger partial charge in [0.2, 0.25) is 0 Å². The normalized spacial score (nSPS) is 10.3. The highest BCUT2D eigenvalue weighted by atomic mass is 32.2. The quantitative estimate of drug-likeness (QED) is 0.354. The molecule has 5 nitrogen and oxygen atoms in total. The van der Waals surface area contributed by atoms with Gasteiger partial charge >= 0.3 is 5.97 Å². The maximum absolute atomic E-state index is 10.8. The Balaban J connectivity index is 2.86. The van der Waals surface area contributed by atoms with Gasteiger partial charge in [-0.1, -0.05) is 19.8 Å². The summed E-state index contributed by atoms with van der Waals surface area (Å²) in [6.45, 7) is 2.08. The lowest BCUT2D eigenvalue weighted by atomic mass is 10.2. The van der Waals surface area contributed by atoms with E-state index in [0.717, 1.165) is 25.0 Å². The van der Waals surface area contributed by atoms with Crippen LogP contribution in [0.25, 0.3) is 0 Å². The SMILES string of the molecule is CCCCCSc1cc(C(=O)O)ccc1[N+](=O)[O-]. The molecular formula is C12H15NO4S. The molecular weight excluding hydrogens is 254 g/mol. The van der Waals surface area contributed by atoms with Gasteiger partial charge in [-0.15, -0.1) is 11.8 Å². The molecule has 0 amide bonds. The number of unbranched alkanes of at least 4 members (excludes halogenated alkanes) is 2. The van der Waals surface area contributed by atoms with Crippen LogP contribution in [0.3, 0.4) is 0 Å². The molecule has 0 aromatic heterocycles. The van der Waals surface area contributed by atoms with Crippen molar-refractivity contribution in [3.63, 3.8) is 0 Å². The van der Waals surface area contributed by atoms with Gasteiger partial charge in [-0.2, -0.15) is 0 Å². The van der Waals surface area contributed by atoms with E-state index in [0.29, 0.717) is 4.90 Å². The topological polar surface area (TPSA) is 80.4 Å². The zero-order valence-electron chi connectivity index (χ0n) is 10.1. The zero-order valence-corrected chi connectivity index (χ0v) is 10.9. The number of thioether (sulfide) groups is 1. The summed E-state index contributed by atoms with van der Waals surface area (Å²) in [6, 6.07) is 3.89. The summed E-state index contributed by atoms with van der Waals surface area (Å²) < 4.78 is 0. The molecule has 98 valence electrons. The third-order valence-corrected chi connectivity index (χ3v) is 3.54. The molecule has 0 aliphatic rings. The first-order valence-corrected chi connectivity index (χ1v) is 6.69. The average Bonchev–Trinajstić information content (AvgIpc) is 2.34. The molecule has 18 heavy (non-hydrogen) atoms. The van der Waals surface area contributed by atoms with Crippen LogP contribution in [0.1, 0.15) is 36.5 Å². The van der Waals surface area contributed by atoms with Gasteiger partial charge in [0.25, 0.3) is 5.69 Å². The Hall–Kier alpha value is -1.56. The lowest BCUT2D eigenvalue weighted by molar-refractivity contribution is -0.387. The molecule has 6 heteroatoms. The molecule has 0 spiro atoms. The highest BCUT2D eigenvalue weighted by Crippen LogP contribution is 2.30. The van der Waals surface area contributed by atoms with Crippen LogP contribution in [0, 0.1) is 10.1 Å². The van der Waals surface area contributed by atoms with Gasteiger partial charge in [-0.25, -0.2) is 4.79 Å². The minimum atomic E-state index is -1.07. The molecule has 1 aromatic rings. The van der Waals surface area contributed by atoms with Gasteiger partial charge in [0, 0.05) is 6.07 Å². The predicted molar refractivity (Wildman–Crippen MR) is 70.3 cm³/mol. The van der Waals surface area contributed by atoms with E-state index in [1.54, 1.807) is 0 Å². The van der Waals surface area contributed by atoms with Gasteiger partial charge < -0.3 is 5.11 Å². The van der Waals surface area contributed by atoms with Crippen molar-refractivity contribution < 1.29 is 14.8 Å². The Bertz CT molecular complexity index is 448. The van der Waals surface area contributed by atoms with E-state index in [-0.39, 0.29) is 11.3 Å². The highest BCUT2D eigenvalue weighted by molar-refractivity contribution is 7.99. The van der Waals surface area contributed by atoms with E-state index in [9.17, 15) is 14.9 Å². The average molecular weight is 269 g/mol. The van der Waals surface area contributed by atoms with Crippen molar-refractivity contribution in [3.05, 3.63) is 33.9 Å². The number of benzene rings is 1. The minimum Gasteiger partial charge on any atom is -0.478 e. The van der Waals surface area contributed by atoms with Gasteiger partial charge in [0.1, 0.15) is 0 Å². The van der Waals surface area contributed by atoms with Crippen LogP contribution in [0.15, 0.2) is 23.1 Å². The number of aromatic carboxylic acids is 1. The first kappa shape index (κ1) is 14.5. The third-order valence-electron chi connectivity index (χ3n) is 2.41. The van der Waals surface area contributed by atoms with Crippen LogP contribution in [0.5, 0.6) is 0 Å². The number of nitro benzene ring substituents is 1. The van der Waals surface area contributed by atoms with Crippen molar-refractivity contribution in [2.45, 2.75) is 31.1 Å². The molecule has 1 rings (SSSR count). The van der Waals surface area contributed by atoms with E-state index in [1.165, 1.54) is 30.0 Å². The summed E-state index contributed by atoms with van der Waals surface area (Å²) in [4.78, 5) is 21.6. The third kappa shape index (κ3) is 4.03. The van der Waals surface area contributed by atoms with Gasteiger partial charge in [-0.3, -0.25) is 10.1 Å². The molecule has 0 atom stereocenters. The van der Waals surface area contributed by atoms with Gasteiger partial charge in [0.15, 0.2) is 0 Å². The number of hydrogen-bond donors (Lipinski definition) is 1. The monoisotopic (exact) mass is 269 g/mol. The van der Waals surface area contributed by atoms with Crippen molar-refractivity contribution in [2.75, 3.05) is 5.75 Å². The van der Waals surface area contributed by atoms with E-state index < -0.39 is 10.9 Å².